The van der Waals surface area contributed by atoms with E-state index in [1.165, 1.54) is 6.07 Å². The average molecular weight is 226 g/mol. The number of unbranched alkanes of at least 4 members (excludes halogenated alkanes) is 1. The second kappa shape index (κ2) is 5.60. The molecular formula is C10H14N2O2S. The maximum atomic E-state index is 10.5. The number of anilines is 1. The summed E-state index contributed by atoms with van der Waals surface area (Å²) in [5.74, 6) is 1.02. The Kier molecular flexibility index (Phi) is 4.42. The van der Waals surface area contributed by atoms with Crippen LogP contribution in [0.25, 0.3) is 0 Å². The number of hydrogen-bond acceptors (Lipinski definition) is 4. The standard InChI is InChI=1S/C10H14N2O2S/c1-2-3-6-15-8-4-5-10(12(13)14)9(11)7-8/h4-5,7H,2-3,6,11H2,1H3. The van der Waals surface area contributed by atoms with Gasteiger partial charge in [0, 0.05) is 11.0 Å². The van der Waals surface area contributed by atoms with Gasteiger partial charge in [-0.05, 0) is 24.3 Å². The summed E-state index contributed by atoms with van der Waals surface area (Å²) >= 11 is 1.68. The fourth-order valence-corrected chi connectivity index (χ4v) is 2.17. The summed E-state index contributed by atoms with van der Waals surface area (Å²) in [6, 6.07) is 4.87. The minimum atomic E-state index is -0.462. The third-order valence-electron chi connectivity index (χ3n) is 1.96. The second-order valence-electron chi connectivity index (χ2n) is 3.18. The van der Waals surface area contributed by atoms with Crippen molar-refractivity contribution >= 4 is 23.1 Å². The summed E-state index contributed by atoms with van der Waals surface area (Å²) in [5, 5.41) is 10.5. The van der Waals surface area contributed by atoms with Crippen LogP contribution in [0.3, 0.4) is 0 Å². The second-order valence-corrected chi connectivity index (χ2v) is 4.35. The van der Waals surface area contributed by atoms with Gasteiger partial charge in [0.15, 0.2) is 0 Å². The van der Waals surface area contributed by atoms with Crippen molar-refractivity contribution in [2.24, 2.45) is 0 Å². The molecule has 0 fully saturated rings. The molecule has 1 aromatic rings. The van der Waals surface area contributed by atoms with Gasteiger partial charge in [-0.15, -0.1) is 11.8 Å². The first-order chi connectivity index (χ1) is 7.15. The fourth-order valence-electron chi connectivity index (χ4n) is 1.12. The quantitative estimate of drug-likeness (QED) is 0.275. The fraction of sp³-hybridized carbons (Fsp3) is 0.400. The van der Waals surface area contributed by atoms with Gasteiger partial charge >= 0.3 is 0 Å². The maximum absolute atomic E-state index is 10.5. The molecule has 0 spiro atoms. The lowest BCUT2D eigenvalue weighted by atomic mass is 10.3. The number of nitrogens with zero attached hydrogens (tertiary/aromatic N) is 1. The van der Waals surface area contributed by atoms with Crippen LogP contribution >= 0.6 is 11.8 Å². The third kappa shape index (κ3) is 3.43. The lowest BCUT2D eigenvalue weighted by molar-refractivity contribution is -0.383. The Hall–Kier alpha value is -1.23. The molecule has 82 valence electrons. The van der Waals surface area contributed by atoms with Gasteiger partial charge in [-0.1, -0.05) is 13.3 Å². The molecule has 0 aliphatic rings. The van der Waals surface area contributed by atoms with Gasteiger partial charge in [0.05, 0.1) is 4.92 Å². The summed E-state index contributed by atoms with van der Waals surface area (Å²) in [5.41, 5.74) is 5.79. The molecule has 5 heteroatoms. The molecule has 0 bridgehead atoms. The van der Waals surface area contributed by atoms with Crippen LogP contribution in [0.4, 0.5) is 11.4 Å². The Morgan fingerprint density at radius 2 is 2.27 bits per heavy atom. The number of thioether (sulfide) groups is 1. The molecule has 15 heavy (non-hydrogen) atoms. The van der Waals surface area contributed by atoms with E-state index in [1.807, 2.05) is 0 Å². The number of nitrogens with two attached hydrogens (primary N) is 1. The molecule has 0 aliphatic heterocycles. The number of hydrogen-bond donors (Lipinski definition) is 1. The molecule has 0 saturated carbocycles. The molecule has 0 amide bonds. The van der Waals surface area contributed by atoms with Crippen LogP contribution in [0.1, 0.15) is 19.8 Å². The summed E-state index contributed by atoms with van der Waals surface area (Å²) in [7, 11) is 0. The highest BCUT2D eigenvalue weighted by atomic mass is 32.2. The largest absolute Gasteiger partial charge is 0.393 e. The minimum Gasteiger partial charge on any atom is -0.393 e. The summed E-state index contributed by atoms with van der Waals surface area (Å²) in [6.07, 6.45) is 2.29. The van der Waals surface area contributed by atoms with Crippen LogP contribution in [-0.2, 0) is 0 Å². The summed E-state index contributed by atoms with van der Waals surface area (Å²) in [6.45, 7) is 2.13. The van der Waals surface area contributed by atoms with Gasteiger partial charge < -0.3 is 5.73 Å². The van der Waals surface area contributed by atoms with Gasteiger partial charge in [-0.25, -0.2) is 0 Å². The number of nitro benzene ring substituents is 1. The van der Waals surface area contributed by atoms with E-state index in [0.717, 1.165) is 23.5 Å². The van der Waals surface area contributed by atoms with E-state index < -0.39 is 4.92 Å². The van der Waals surface area contributed by atoms with Gasteiger partial charge in [-0.2, -0.15) is 0 Å². The molecule has 2 N–H and O–H groups in total. The first-order valence-corrected chi connectivity index (χ1v) is 5.80. The topological polar surface area (TPSA) is 69.2 Å². The molecule has 0 aromatic heterocycles. The number of benzene rings is 1. The van der Waals surface area contributed by atoms with Crippen LogP contribution in [0, 0.1) is 10.1 Å². The van der Waals surface area contributed by atoms with Crippen molar-refractivity contribution in [3.8, 4) is 0 Å². The molecule has 1 aromatic carbocycles. The molecule has 0 atom stereocenters. The number of nitro groups is 1. The maximum Gasteiger partial charge on any atom is 0.292 e. The summed E-state index contributed by atoms with van der Waals surface area (Å²) in [4.78, 5) is 11.0. The van der Waals surface area contributed by atoms with Crippen molar-refractivity contribution in [3.05, 3.63) is 28.3 Å². The van der Waals surface area contributed by atoms with Crippen LogP contribution in [-0.4, -0.2) is 10.7 Å². The third-order valence-corrected chi connectivity index (χ3v) is 3.04. The van der Waals surface area contributed by atoms with Crippen LogP contribution in [0.15, 0.2) is 23.1 Å². The van der Waals surface area contributed by atoms with Crippen LogP contribution < -0.4 is 5.73 Å². The Morgan fingerprint density at radius 1 is 1.53 bits per heavy atom. The molecular weight excluding hydrogens is 212 g/mol. The lowest BCUT2D eigenvalue weighted by Crippen LogP contribution is -1.95. The van der Waals surface area contributed by atoms with Crippen LogP contribution in [0.2, 0.25) is 0 Å². The van der Waals surface area contributed by atoms with E-state index in [1.54, 1.807) is 23.9 Å². The van der Waals surface area contributed by atoms with E-state index in [9.17, 15) is 10.1 Å². The van der Waals surface area contributed by atoms with Gasteiger partial charge in [-0.3, -0.25) is 10.1 Å². The van der Waals surface area contributed by atoms with Crippen LogP contribution in [0.5, 0.6) is 0 Å². The number of rotatable bonds is 5. The van der Waals surface area contributed by atoms with Crippen molar-refractivity contribution in [1.82, 2.24) is 0 Å². The normalized spacial score (nSPS) is 10.2. The molecule has 0 saturated heterocycles. The SMILES string of the molecule is CCCCSc1ccc([N+](=O)[O-])c(N)c1. The van der Waals surface area contributed by atoms with Crippen molar-refractivity contribution < 1.29 is 4.92 Å². The van der Waals surface area contributed by atoms with E-state index >= 15 is 0 Å². The smallest absolute Gasteiger partial charge is 0.292 e. The molecule has 4 nitrogen and oxygen atoms in total. The van der Waals surface area contributed by atoms with Gasteiger partial charge in [0.25, 0.3) is 5.69 Å². The molecule has 1 rings (SSSR count). The Bertz CT molecular complexity index is 355. The van der Waals surface area contributed by atoms with Crippen molar-refractivity contribution in [2.75, 3.05) is 11.5 Å². The van der Waals surface area contributed by atoms with Gasteiger partial charge in [0.2, 0.25) is 0 Å². The van der Waals surface area contributed by atoms with Crippen molar-refractivity contribution in [3.63, 3.8) is 0 Å². The number of nitrogen functional groups attached to an aromatic ring is 1. The van der Waals surface area contributed by atoms with Crippen molar-refractivity contribution in [2.45, 2.75) is 24.7 Å². The molecule has 0 aliphatic carbocycles. The monoisotopic (exact) mass is 226 g/mol. The lowest BCUT2D eigenvalue weighted by Gasteiger charge is -2.02. The van der Waals surface area contributed by atoms with Crippen molar-refractivity contribution in [1.29, 1.82) is 0 Å². The Balaban J connectivity index is 2.69. The highest BCUT2D eigenvalue weighted by molar-refractivity contribution is 7.99. The molecule has 0 unspecified atom stereocenters. The first kappa shape index (κ1) is 11.8. The zero-order valence-electron chi connectivity index (χ0n) is 8.60. The zero-order valence-corrected chi connectivity index (χ0v) is 9.42. The molecule has 0 radical (unpaired) electrons. The predicted molar refractivity (Wildman–Crippen MR) is 63.1 cm³/mol. The first-order valence-electron chi connectivity index (χ1n) is 4.82. The van der Waals surface area contributed by atoms with E-state index in [0.29, 0.717) is 0 Å². The average Bonchev–Trinajstić information content (AvgIpc) is 2.17. The van der Waals surface area contributed by atoms with Gasteiger partial charge in [0.1, 0.15) is 5.69 Å². The predicted octanol–water partition coefficient (Wildman–Crippen LogP) is 3.07. The van der Waals surface area contributed by atoms with E-state index in [-0.39, 0.29) is 11.4 Å². The Labute approximate surface area is 93.0 Å². The molecule has 0 heterocycles. The Morgan fingerprint density at radius 3 is 2.80 bits per heavy atom. The van der Waals surface area contributed by atoms with E-state index in [2.05, 4.69) is 6.92 Å². The minimum absolute atomic E-state index is 0.0187. The zero-order chi connectivity index (χ0) is 11.3. The summed E-state index contributed by atoms with van der Waals surface area (Å²) < 4.78 is 0. The van der Waals surface area contributed by atoms with E-state index in [4.69, 9.17) is 5.73 Å². The highest BCUT2D eigenvalue weighted by Crippen LogP contribution is 2.28. The highest BCUT2D eigenvalue weighted by Gasteiger charge is 2.10.